The average Bonchev–Trinajstić information content (AvgIpc) is 2.73. The lowest BCUT2D eigenvalue weighted by Crippen LogP contribution is -2.38. The quantitative estimate of drug-likeness (QED) is 0.371. The zero-order valence-electron chi connectivity index (χ0n) is 16.2. The van der Waals surface area contributed by atoms with Crippen LogP contribution in [0.3, 0.4) is 0 Å². The van der Waals surface area contributed by atoms with E-state index < -0.39 is 0 Å². The molecule has 1 amide bonds. The smallest absolute Gasteiger partial charge is 0.254 e. The van der Waals surface area contributed by atoms with Crippen molar-refractivity contribution in [2.75, 3.05) is 6.54 Å². The topological polar surface area (TPSA) is 62.7 Å². The summed E-state index contributed by atoms with van der Waals surface area (Å²) in [6.45, 7) is 0.723. The van der Waals surface area contributed by atoms with Crippen molar-refractivity contribution in [3.63, 3.8) is 0 Å². The number of hydrogen-bond acceptors (Lipinski definition) is 4. The highest BCUT2D eigenvalue weighted by Crippen LogP contribution is 2.32. The zero-order chi connectivity index (χ0) is 20.5. The Bertz CT molecular complexity index is 837. The molecule has 0 unspecified atom stereocenters. The summed E-state index contributed by atoms with van der Waals surface area (Å²) in [5.41, 5.74) is 4.44. The molecule has 2 aromatic rings. The maximum Gasteiger partial charge on any atom is 0.254 e. The highest BCUT2D eigenvalue weighted by Gasteiger charge is 2.14. The lowest BCUT2D eigenvalue weighted by molar-refractivity contribution is -0.120. The number of amides is 1. The first-order valence-electron chi connectivity index (χ1n) is 9.83. The molecule has 1 saturated carbocycles. The number of halogens is 2. The third-order valence-electron chi connectivity index (χ3n) is 4.81. The minimum Gasteiger partial charge on any atom is -0.487 e. The summed E-state index contributed by atoms with van der Waals surface area (Å²) in [6.07, 6.45) is 7.66. The van der Waals surface area contributed by atoms with Crippen LogP contribution >= 0.6 is 31.9 Å². The number of nitrogens with zero attached hydrogens (tertiary/aromatic N) is 1. The van der Waals surface area contributed by atoms with Crippen molar-refractivity contribution in [2.45, 2.75) is 44.8 Å². The van der Waals surface area contributed by atoms with Gasteiger partial charge in [-0.1, -0.05) is 65.5 Å². The van der Waals surface area contributed by atoms with Gasteiger partial charge in [-0.05, 0) is 46.5 Å². The van der Waals surface area contributed by atoms with E-state index in [9.17, 15) is 4.79 Å². The van der Waals surface area contributed by atoms with E-state index in [0.717, 1.165) is 32.9 Å². The lowest BCUT2D eigenvalue weighted by atomic mass is 9.95. The molecule has 0 radical (unpaired) electrons. The normalized spacial score (nSPS) is 14.8. The fourth-order valence-electron chi connectivity index (χ4n) is 3.32. The van der Waals surface area contributed by atoms with Gasteiger partial charge in [-0.2, -0.15) is 5.10 Å². The summed E-state index contributed by atoms with van der Waals surface area (Å²) in [5, 5.41) is 7.43. The minimum absolute atomic E-state index is 0.146. The molecule has 0 heterocycles. The van der Waals surface area contributed by atoms with Gasteiger partial charge >= 0.3 is 0 Å². The lowest BCUT2D eigenvalue weighted by Gasteiger charge is -2.22. The van der Waals surface area contributed by atoms with Crippen LogP contribution in [0.4, 0.5) is 0 Å². The number of hydrazone groups is 1. The van der Waals surface area contributed by atoms with Crippen LogP contribution in [0.15, 0.2) is 56.5 Å². The summed E-state index contributed by atoms with van der Waals surface area (Å²) >= 11 is 7.04. The van der Waals surface area contributed by atoms with Gasteiger partial charge in [0.1, 0.15) is 12.4 Å². The van der Waals surface area contributed by atoms with Gasteiger partial charge in [-0.3, -0.25) is 4.79 Å². The fourth-order valence-corrected chi connectivity index (χ4v) is 4.69. The molecule has 3 rings (SSSR count). The van der Waals surface area contributed by atoms with E-state index in [0.29, 0.717) is 18.4 Å². The van der Waals surface area contributed by atoms with Crippen LogP contribution in [0.5, 0.6) is 5.75 Å². The number of carbonyl (C=O) groups is 1. The molecule has 1 aliphatic carbocycles. The number of carbonyl (C=O) groups excluding carboxylic acids is 1. The predicted molar refractivity (Wildman–Crippen MR) is 123 cm³/mol. The van der Waals surface area contributed by atoms with Crippen molar-refractivity contribution < 1.29 is 9.53 Å². The molecule has 0 bridgehead atoms. The van der Waals surface area contributed by atoms with E-state index in [4.69, 9.17) is 4.74 Å². The minimum atomic E-state index is -0.146. The van der Waals surface area contributed by atoms with Crippen molar-refractivity contribution in [3.05, 3.63) is 62.5 Å². The second-order valence-electron chi connectivity index (χ2n) is 7.09. The molecule has 2 N–H and O–H groups in total. The van der Waals surface area contributed by atoms with E-state index in [1.165, 1.54) is 19.3 Å². The molecule has 0 saturated heterocycles. The van der Waals surface area contributed by atoms with E-state index in [-0.39, 0.29) is 12.5 Å². The molecule has 1 aliphatic rings. The van der Waals surface area contributed by atoms with Gasteiger partial charge in [-0.15, -0.1) is 0 Å². The molecular weight excluding hydrogens is 498 g/mol. The summed E-state index contributed by atoms with van der Waals surface area (Å²) in [7, 11) is 0. The number of ether oxygens (including phenoxy) is 1. The van der Waals surface area contributed by atoms with Crippen molar-refractivity contribution in [2.24, 2.45) is 5.10 Å². The standard InChI is InChI=1S/C22H25Br2N3O2/c23-18-11-17(13-26-27-21(28)14-25-19-9-5-2-6-10-19)22(20(24)12-18)29-15-16-7-3-1-4-8-16/h1,3-4,7-8,11-13,19,25H,2,5-6,9-10,14-15H2,(H,27,28)/b26-13-. The second kappa shape index (κ2) is 11.5. The van der Waals surface area contributed by atoms with Crippen LogP contribution in [0.25, 0.3) is 0 Å². The van der Waals surface area contributed by atoms with Crippen molar-refractivity contribution >= 4 is 44.0 Å². The van der Waals surface area contributed by atoms with Gasteiger partial charge in [0.2, 0.25) is 0 Å². The molecular formula is C22H25Br2N3O2. The van der Waals surface area contributed by atoms with Gasteiger partial charge in [0.15, 0.2) is 0 Å². The Morgan fingerprint density at radius 1 is 1.14 bits per heavy atom. The molecule has 0 atom stereocenters. The summed E-state index contributed by atoms with van der Waals surface area (Å²) in [5.74, 6) is 0.531. The van der Waals surface area contributed by atoms with Crippen molar-refractivity contribution in [3.8, 4) is 5.75 Å². The molecule has 2 aromatic carbocycles. The first-order valence-corrected chi connectivity index (χ1v) is 11.4. The van der Waals surface area contributed by atoms with Crippen LogP contribution in [-0.4, -0.2) is 24.7 Å². The molecule has 1 fully saturated rings. The van der Waals surface area contributed by atoms with Gasteiger partial charge in [0.25, 0.3) is 5.91 Å². The van der Waals surface area contributed by atoms with Gasteiger partial charge in [-0.25, -0.2) is 5.43 Å². The molecule has 154 valence electrons. The van der Waals surface area contributed by atoms with Gasteiger partial charge < -0.3 is 10.1 Å². The van der Waals surface area contributed by atoms with Gasteiger partial charge in [0, 0.05) is 16.1 Å². The van der Waals surface area contributed by atoms with Crippen LogP contribution in [-0.2, 0) is 11.4 Å². The molecule has 0 aromatic heterocycles. The third kappa shape index (κ3) is 7.24. The number of nitrogens with one attached hydrogen (secondary N) is 2. The molecule has 29 heavy (non-hydrogen) atoms. The number of rotatable bonds is 8. The van der Waals surface area contributed by atoms with Crippen molar-refractivity contribution in [1.82, 2.24) is 10.7 Å². The van der Waals surface area contributed by atoms with Crippen LogP contribution < -0.4 is 15.5 Å². The number of hydrogen-bond donors (Lipinski definition) is 2. The largest absolute Gasteiger partial charge is 0.487 e. The van der Waals surface area contributed by atoms with Crippen LogP contribution in [0, 0.1) is 0 Å². The Morgan fingerprint density at radius 3 is 2.66 bits per heavy atom. The maximum atomic E-state index is 12.1. The molecule has 7 heteroatoms. The maximum absolute atomic E-state index is 12.1. The third-order valence-corrected chi connectivity index (χ3v) is 5.86. The Kier molecular flexibility index (Phi) is 8.70. The predicted octanol–water partition coefficient (Wildman–Crippen LogP) is 5.16. The molecule has 0 spiro atoms. The summed E-state index contributed by atoms with van der Waals surface area (Å²) < 4.78 is 7.72. The Labute approximate surface area is 188 Å². The summed E-state index contributed by atoms with van der Waals surface area (Å²) in [6, 6.07) is 14.2. The van der Waals surface area contributed by atoms with E-state index in [1.54, 1.807) is 6.21 Å². The first kappa shape index (κ1) is 22.0. The fraction of sp³-hybridized carbons (Fsp3) is 0.364. The highest BCUT2D eigenvalue weighted by atomic mass is 79.9. The van der Waals surface area contributed by atoms with Gasteiger partial charge in [0.05, 0.1) is 17.2 Å². The van der Waals surface area contributed by atoms with Crippen molar-refractivity contribution in [1.29, 1.82) is 0 Å². The first-order chi connectivity index (χ1) is 14.1. The number of benzene rings is 2. The average molecular weight is 523 g/mol. The molecule has 5 nitrogen and oxygen atoms in total. The monoisotopic (exact) mass is 521 g/mol. The van der Waals surface area contributed by atoms with Crippen LogP contribution in [0.2, 0.25) is 0 Å². The summed E-state index contributed by atoms with van der Waals surface area (Å²) in [4.78, 5) is 12.1. The Morgan fingerprint density at radius 2 is 1.90 bits per heavy atom. The van der Waals surface area contributed by atoms with E-state index in [2.05, 4.69) is 47.7 Å². The molecule has 0 aliphatic heterocycles. The van der Waals surface area contributed by atoms with E-state index in [1.807, 2.05) is 42.5 Å². The Hall–Kier alpha value is -1.70. The highest BCUT2D eigenvalue weighted by molar-refractivity contribution is 9.11. The Balaban J connectivity index is 1.57. The second-order valence-corrected chi connectivity index (χ2v) is 8.86. The van der Waals surface area contributed by atoms with Crippen LogP contribution in [0.1, 0.15) is 43.2 Å². The zero-order valence-corrected chi connectivity index (χ0v) is 19.3. The van der Waals surface area contributed by atoms with E-state index >= 15 is 0 Å². The SMILES string of the molecule is O=C(CNC1CCCCC1)N/N=C\c1cc(Br)cc(Br)c1OCc1ccccc1.